The van der Waals surface area contributed by atoms with Gasteiger partial charge in [0.1, 0.15) is 34.3 Å². The summed E-state index contributed by atoms with van der Waals surface area (Å²) >= 11 is 0. The predicted octanol–water partition coefficient (Wildman–Crippen LogP) is 3.36. The van der Waals surface area contributed by atoms with Gasteiger partial charge in [-0.2, -0.15) is 0 Å². The molecule has 2 atom stereocenters. The monoisotopic (exact) mass is 538 g/mol. The predicted molar refractivity (Wildman–Crippen MR) is 139 cm³/mol. The lowest BCUT2D eigenvalue weighted by Crippen LogP contribution is -2.32. The van der Waals surface area contributed by atoms with Crippen LogP contribution in [-0.4, -0.2) is 57.1 Å². The molecule has 4 heterocycles. The number of aromatic nitrogens is 5. The molecule has 0 saturated heterocycles. The van der Waals surface area contributed by atoms with Crippen molar-refractivity contribution in [3.05, 3.63) is 72.5 Å². The number of nitrogens with one attached hydrogen (secondary N) is 1. The normalized spacial score (nSPS) is 13.4. The van der Waals surface area contributed by atoms with E-state index < -0.39 is 21.4 Å². The zero-order chi connectivity index (χ0) is 27.0. The first-order valence-corrected chi connectivity index (χ1v) is 13.1. The van der Waals surface area contributed by atoms with Crippen molar-refractivity contribution < 1.29 is 27.4 Å². The molecule has 12 nitrogen and oxygen atoms in total. The zero-order valence-corrected chi connectivity index (χ0v) is 21.9. The number of nitrogens with zero attached hydrogens (tertiary/aromatic N) is 5. The molecule has 13 heteroatoms. The molecule has 0 radical (unpaired) electrons. The highest BCUT2D eigenvalue weighted by Gasteiger charge is 2.34. The van der Waals surface area contributed by atoms with Gasteiger partial charge in [0.2, 0.25) is 21.8 Å². The summed E-state index contributed by atoms with van der Waals surface area (Å²) < 4.78 is 49.6. The van der Waals surface area contributed by atoms with Crippen LogP contribution in [0.1, 0.15) is 24.5 Å². The number of methoxy groups -OCH3 is 2. The Morgan fingerprint density at radius 1 is 1.03 bits per heavy atom. The van der Waals surface area contributed by atoms with E-state index >= 15 is 0 Å². The van der Waals surface area contributed by atoms with Crippen LogP contribution in [0, 0.1) is 6.92 Å². The maximum atomic E-state index is 13.5. The number of aryl methyl sites for hydroxylation is 1. The van der Waals surface area contributed by atoms with E-state index in [9.17, 15) is 13.5 Å². The maximum Gasteiger partial charge on any atom is 0.243 e. The molecule has 0 unspecified atom stereocenters. The molecule has 0 bridgehead atoms. The van der Waals surface area contributed by atoms with Crippen molar-refractivity contribution in [2.75, 3.05) is 18.9 Å². The summed E-state index contributed by atoms with van der Waals surface area (Å²) in [6.45, 7) is 3.17. The van der Waals surface area contributed by atoms with E-state index in [1.807, 2.05) is 6.07 Å². The van der Waals surface area contributed by atoms with E-state index in [0.717, 1.165) is 0 Å². The van der Waals surface area contributed by atoms with Crippen LogP contribution in [0.3, 0.4) is 0 Å². The van der Waals surface area contributed by atoms with E-state index in [1.165, 1.54) is 32.0 Å². The Morgan fingerprint density at radius 2 is 1.76 bits per heavy atom. The van der Waals surface area contributed by atoms with Crippen LogP contribution in [0.25, 0.3) is 22.8 Å². The second-order valence-corrected chi connectivity index (χ2v) is 10.6. The summed E-state index contributed by atoms with van der Waals surface area (Å²) in [5, 5.41) is 18.1. The number of aliphatic hydroxyl groups is 1. The van der Waals surface area contributed by atoms with Gasteiger partial charge in [0.15, 0.2) is 5.76 Å². The van der Waals surface area contributed by atoms with Crippen LogP contribution in [0.15, 0.2) is 65.5 Å². The summed E-state index contributed by atoms with van der Waals surface area (Å²) in [5.74, 6) is 1.81. The molecule has 198 valence electrons. The Kier molecular flexibility index (Phi) is 6.55. The van der Waals surface area contributed by atoms with Gasteiger partial charge < -0.3 is 23.4 Å². The van der Waals surface area contributed by atoms with Crippen LogP contribution in [0.2, 0.25) is 0 Å². The molecule has 0 saturated carbocycles. The third-order valence-corrected chi connectivity index (χ3v) is 7.87. The highest BCUT2D eigenvalue weighted by molar-refractivity contribution is 7.93. The fourth-order valence-electron chi connectivity index (χ4n) is 4.13. The molecule has 38 heavy (non-hydrogen) atoms. The van der Waals surface area contributed by atoms with E-state index in [-0.39, 0.29) is 17.5 Å². The number of furan rings is 1. The zero-order valence-electron chi connectivity index (χ0n) is 21.1. The topological polar surface area (TPSA) is 146 Å². The largest absolute Gasteiger partial charge is 0.494 e. The SMILES string of the molecule is COc1cccc(OC)c1-n1c(NS(=O)(=O)[C@@H](C)[C@@H](O)c2ncn3ccccc23)nnc1-c1ccc(C)o1. The van der Waals surface area contributed by atoms with Crippen LogP contribution >= 0.6 is 0 Å². The molecule has 0 aliphatic carbocycles. The van der Waals surface area contributed by atoms with Crippen molar-refractivity contribution in [3.63, 3.8) is 0 Å². The molecule has 5 rings (SSSR count). The van der Waals surface area contributed by atoms with Crippen molar-refractivity contribution in [2.24, 2.45) is 0 Å². The molecule has 4 aromatic heterocycles. The number of ether oxygens (including phenoxy) is 2. The Bertz CT molecular complexity index is 1680. The Morgan fingerprint density at radius 3 is 2.42 bits per heavy atom. The maximum absolute atomic E-state index is 13.5. The van der Waals surface area contributed by atoms with E-state index in [1.54, 1.807) is 60.0 Å². The molecular formula is C25H26N6O6S. The fraction of sp³-hybridized carbons (Fsp3) is 0.240. The van der Waals surface area contributed by atoms with Crippen molar-refractivity contribution in [1.29, 1.82) is 0 Å². The van der Waals surface area contributed by atoms with Crippen molar-refractivity contribution in [2.45, 2.75) is 25.2 Å². The number of aliphatic hydroxyl groups excluding tert-OH is 1. The molecule has 5 aromatic rings. The first-order valence-electron chi connectivity index (χ1n) is 11.6. The van der Waals surface area contributed by atoms with Gasteiger partial charge in [-0.1, -0.05) is 12.1 Å². The quantitative estimate of drug-likeness (QED) is 0.288. The number of fused-ring (bicyclic) bond motifs is 1. The number of hydrogen-bond donors (Lipinski definition) is 2. The fourth-order valence-corrected chi connectivity index (χ4v) is 5.17. The highest BCUT2D eigenvalue weighted by Crippen LogP contribution is 2.38. The number of hydrogen-bond acceptors (Lipinski definition) is 9. The van der Waals surface area contributed by atoms with E-state index in [4.69, 9.17) is 13.9 Å². The molecular weight excluding hydrogens is 512 g/mol. The van der Waals surface area contributed by atoms with Gasteiger partial charge >= 0.3 is 0 Å². The smallest absolute Gasteiger partial charge is 0.243 e. The Labute approximate surface area is 218 Å². The van der Waals surface area contributed by atoms with Gasteiger partial charge in [0.25, 0.3) is 0 Å². The molecule has 0 amide bonds. The Balaban J connectivity index is 1.59. The minimum Gasteiger partial charge on any atom is -0.494 e. The van der Waals surface area contributed by atoms with Crippen LogP contribution in [0.5, 0.6) is 11.5 Å². The standard InChI is InChI=1S/C25H26N6O6S/c1-15-11-12-20(37-15)24-27-28-25(31(24)22-18(35-3)9-7-10-19(22)36-4)29-38(33,34)16(2)23(32)21-17-8-5-6-13-30(17)14-26-21/h5-14,16,23,32H,1-4H3,(H,28,29)/t16-,23+/m0/s1. The number of benzene rings is 1. The summed E-state index contributed by atoms with van der Waals surface area (Å²) in [5.41, 5.74) is 1.19. The van der Waals surface area contributed by atoms with E-state index in [0.29, 0.717) is 34.2 Å². The summed E-state index contributed by atoms with van der Waals surface area (Å²) in [6, 6.07) is 13.9. The molecule has 0 spiro atoms. The van der Waals surface area contributed by atoms with Gasteiger partial charge in [-0.05, 0) is 50.2 Å². The summed E-state index contributed by atoms with van der Waals surface area (Å²) in [6.07, 6.45) is 1.85. The lowest BCUT2D eigenvalue weighted by atomic mass is 10.2. The number of pyridine rings is 1. The minimum atomic E-state index is -4.23. The number of anilines is 1. The van der Waals surface area contributed by atoms with E-state index in [2.05, 4.69) is 19.9 Å². The molecule has 0 fully saturated rings. The molecule has 0 aliphatic rings. The van der Waals surface area contributed by atoms with Gasteiger partial charge in [-0.15, -0.1) is 10.2 Å². The lowest BCUT2D eigenvalue weighted by Gasteiger charge is -2.20. The average molecular weight is 539 g/mol. The molecule has 0 aliphatic heterocycles. The third kappa shape index (κ3) is 4.35. The van der Waals surface area contributed by atoms with Crippen molar-refractivity contribution >= 4 is 21.5 Å². The minimum absolute atomic E-state index is 0.148. The molecule has 1 aromatic carbocycles. The second kappa shape index (κ2) is 9.84. The number of rotatable bonds is 9. The summed E-state index contributed by atoms with van der Waals surface area (Å²) in [7, 11) is -1.26. The Hall–Kier alpha value is -4.36. The third-order valence-electron chi connectivity index (χ3n) is 6.17. The average Bonchev–Trinajstić information content (AvgIpc) is 3.65. The van der Waals surface area contributed by atoms with Crippen molar-refractivity contribution in [1.82, 2.24) is 24.1 Å². The first kappa shape index (κ1) is 25.3. The number of imidazole rings is 1. The van der Waals surface area contributed by atoms with Crippen LogP contribution < -0.4 is 14.2 Å². The summed E-state index contributed by atoms with van der Waals surface area (Å²) in [4.78, 5) is 4.24. The van der Waals surface area contributed by atoms with Gasteiger partial charge in [-0.3, -0.25) is 9.29 Å². The number of sulfonamides is 1. The van der Waals surface area contributed by atoms with Gasteiger partial charge in [0.05, 0.1) is 31.8 Å². The van der Waals surface area contributed by atoms with Crippen LogP contribution in [-0.2, 0) is 10.0 Å². The number of para-hydroxylation sites is 1. The molecule has 2 N–H and O–H groups in total. The van der Waals surface area contributed by atoms with Crippen molar-refractivity contribution in [3.8, 4) is 28.8 Å². The van der Waals surface area contributed by atoms with Gasteiger partial charge in [-0.25, -0.2) is 13.4 Å². The first-order chi connectivity index (χ1) is 18.2. The second-order valence-electron chi connectivity index (χ2n) is 8.52. The lowest BCUT2D eigenvalue weighted by molar-refractivity contribution is 0.173. The van der Waals surface area contributed by atoms with Crippen LogP contribution in [0.4, 0.5) is 5.95 Å². The van der Waals surface area contributed by atoms with Gasteiger partial charge in [0, 0.05) is 6.20 Å². The highest BCUT2D eigenvalue weighted by atomic mass is 32.2.